The number of nitrogens with one attached hydrogen (secondary N) is 1. The Morgan fingerprint density at radius 3 is 3.00 bits per heavy atom. The lowest BCUT2D eigenvalue weighted by molar-refractivity contribution is -0.137. The predicted octanol–water partition coefficient (Wildman–Crippen LogP) is 3.01. The number of fused-ring (bicyclic) bond motifs is 1. The summed E-state index contributed by atoms with van der Waals surface area (Å²) in [4.78, 5) is 10.4. The molecule has 0 fully saturated rings. The zero-order valence-corrected chi connectivity index (χ0v) is 11.1. The number of rotatable bonds is 6. The van der Waals surface area contributed by atoms with Gasteiger partial charge in [0.2, 0.25) is 0 Å². The molecule has 0 aliphatic heterocycles. The van der Waals surface area contributed by atoms with E-state index in [1.54, 1.807) is 6.07 Å². The van der Waals surface area contributed by atoms with E-state index in [1.165, 1.54) is 0 Å². The zero-order chi connectivity index (χ0) is 13.0. The van der Waals surface area contributed by atoms with E-state index in [2.05, 4.69) is 14.1 Å². The van der Waals surface area contributed by atoms with Crippen molar-refractivity contribution in [3.8, 4) is 0 Å². The molecule has 0 saturated carbocycles. The first kappa shape index (κ1) is 13.0. The summed E-state index contributed by atoms with van der Waals surface area (Å²) in [5, 5.41) is 12.3. The van der Waals surface area contributed by atoms with Gasteiger partial charge in [-0.3, -0.25) is 4.79 Å². The van der Waals surface area contributed by atoms with Crippen molar-refractivity contribution in [2.75, 3.05) is 11.9 Å². The number of halogens is 1. The predicted molar refractivity (Wildman–Crippen MR) is 72.4 cm³/mol. The minimum absolute atomic E-state index is 0.192. The fourth-order valence-electron chi connectivity index (χ4n) is 1.61. The molecular weight excluding hydrogens is 274 g/mol. The SMILES string of the molecule is O=C(O)CCCCNc1c(Cl)ccc2nsnc12. The van der Waals surface area contributed by atoms with Gasteiger partial charge in [0.05, 0.1) is 22.4 Å². The molecule has 2 aromatic rings. The molecule has 5 nitrogen and oxygen atoms in total. The quantitative estimate of drug-likeness (QED) is 0.798. The average molecular weight is 286 g/mol. The highest BCUT2D eigenvalue weighted by Gasteiger charge is 2.09. The van der Waals surface area contributed by atoms with Crippen LogP contribution in [0.5, 0.6) is 0 Å². The number of benzene rings is 1. The molecule has 2 N–H and O–H groups in total. The van der Waals surface area contributed by atoms with Crippen LogP contribution in [-0.4, -0.2) is 26.4 Å². The van der Waals surface area contributed by atoms with Gasteiger partial charge in [-0.1, -0.05) is 11.6 Å². The molecular formula is C11H12ClN3O2S. The number of nitrogens with zero attached hydrogens (tertiary/aromatic N) is 2. The van der Waals surface area contributed by atoms with Gasteiger partial charge in [0.15, 0.2) is 0 Å². The number of carboxylic acid groups (broad SMARTS) is 1. The van der Waals surface area contributed by atoms with E-state index in [0.29, 0.717) is 18.0 Å². The molecule has 0 aliphatic carbocycles. The monoisotopic (exact) mass is 285 g/mol. The highest BCUT2D eigenvalue weighted by atomic mass is 35.5. The lowest BCUT2D eigenvalue weighted by atomic mass is 10.2. The Morgan fingerprint density at radius 2 is 2.22 bits per heavy atom. The third-order valence-electron chi connectivity index (χ3n) is 2.50. The van der Waals surface area contributed by atoms with Crippen molar-refractivity contribution >= 4 is 46.0 Å². The number of unbranched alkanes of at least 4 members (excludes halogenated alkanes) is 1. The van der Waals surface area contributed by atoms with Gasteiger partial charge in [-0.05, 0) is 25.0 Å². The number of hydrogen-bond acceptors (Lipinski definition) is 5. The fraction of sp³-hybridized carbons (Fsp3) is 0.364. The van der Waals surface area contributed by atoms with Gasteiger partial charge in [0.25, 0.3) is 0 Å². The molecule has 96 valence electrons. The maximum atomic E-state index is 10.4. The van der Waals surface area contributed by atoms with Crippen molar-refractivity contribution < 1.29 is 9.90 Å². The van der Waals surface area contributed by atoms with Crippen LogP contribution < -0.4 is 5.32 Å². The molecule has 0 atom stereocenters. The molecule has 7 heteroatoms. The molecule has 0 spiro atoms. The van der Waals surface area contributed by atoms with Crippen molar-refractivity contribution in [2.45, 2.75) is 19.3 Å². The number of anilines is 1. The maximum Gasteiger partial charge on any atom is 0.303 e. The first-order valence-corrected chi connectivity index (χ1v) is 6.66. The van der Waals surface area contributed by atoms with Gasteiger partial charge >= 0.3 is 5.97 Å². The number of hydrogen-bond donors (Lipinski definition) is 2. The Hall–Kier alpha value is -1.40. The van der Waals surface area contributed by atoms with Crippen molar-refractivity contribution in [3.05, 3.63) is 17.2 Å². The van der Waals surface area contributed by atoms with E-state index in [0.717, 1.165) is 34.9 Å². The number of aromatic nitrogens is 2. The molecule has 0 aliphatic rings. The smallest absolute Gasteiger partial charge is 0.303 e. The van der Waals surface area contributed by atoms with Gasteiger partial charge in [-0.15, -0.1) is 0 Å². The van der Waals surface area contributed by atoms with Gasteiger partial charge < -0.3 is 10.4 Å². The normalized spacial score (nSPS) is 10.7. The highest BCUT2D eigenvalue weighted by molar-refractivity contribution is 7.00. The highest BCUT2D eigenvalue weighted by Crippen LogP contribution is 2.29. The molecule has 0 amide bonds. The summed E-state index contributed by atoms with van der Waals surface area (Å²) in [7, 11) is 0. The van der Waals surface area contributed by atoms with E-state index in [-0.39, 0.29) is 6.42 Å². The van der Waals surface area contributed by atoms with Crippen LogP contribution in [0.2, 0.25) is 5.02 Å². The lowest BCUT2D eigenvalue weighted by Gasteiger charge is -2.08. The second kappa shape index (κ2) is 5.97. The summed E-state index contributed by atoms with van der Waals surface area (Å²) in [5.41, 5.74) is 2.36. The average Bonchev–Trinajstić information content (AvgIpc) is 2.79. The molecule has 0 bridgehead atoms. The summed E-state index contributed by atoms with van der Waals surface area (Å²) < 4.78 is 8.34. The number of carbonyl (C=O) groups is 1. The minimum atomic E-state index is -0.765. The Morgan fingerprint density at radius 1 is 1.39 bits per heavy atom. The first-order chi connectivity index (χ1) is 8.68. The third-order valence-corrected chi connectivity index (χ3v) is 3.35. The molecule has 0 unspecified atom stereocenters. The second-order valence-electron chi connectivity index (χ2n) is 3.83. The Bertz CT molecular complexity index is 558. The van der Waals surface area contributed by atoms with Crippen LogP contribution in [0.15, 0.2) is 12.1 Å². The molecule has 0 saturated heterocycles. The summed E-state index contributed by atoms with van der Waals surface area (Å²) in [6.45, 7) is 0.670. The van der Waals surface area contributed by atoms with E-state index >= 15 is 0 Å². The van der Waals surface area contributed by atoms with E-state index in [1.807, 2.05) is 6.07 Å². The summed E-state index contributed by atoms with van der Waals surface area (Å²) in [5.74, 6) is -0.765. The standard InChI is InChI=1S/C11H12ClN3O2S/c12-7-4-5-8-11(15-18-14-8)10(7)13-6-2-1-3-9(16)17/h4-5,13H,1-3,6H2,(H,16,17). The van der Waals surface area contributed by atoms with Crippen LogP contribution in [0, 0.1) is 0 Å². The van der Waals surface area contributed by atoms with Crippen molar-refractivity contribution in [2.24, 2.45) is 0 Å². The van der Waals surface area contributed by atoms with Crippen LogP contribution in [-0.2, 0) is 4.79 Å². The second-order valence-corrected chi connectivity index (χ2v) is 4.77. The van der Waals surface area contributed by atoms with E-state index < -0.39 is 5.97 Å². The largest absolute Gasteiger partial charge is 0.481 e. The molecule has 2 rings (SSSR count). The van der Waals surface area contributed by atoms with Gasteiger partial charge in [0, 0.05) is 13.0 Å². The van der Waals surface area contributed by atoms with Gasteiger partial charge in [-0.25, -0.2) is 0 Å². The van der Waals surface area contributed by atoms with Gasteiger partial charge in [-0.2, -0.15) is 8.75 Å². The van der Waals surface area contributed by atoms with Crippen LogP contribution in [0.25, 0.3) is 11.0 Å². The summed E-state index contributed by atoms with van der Waals surface area (Å²) in [6, 6.07) is 3.61. The maximum absolute atomic E-state index is 10.4. The topological polar surface area (TPSA) is 75.1 Å². The van der Waals surface area contributed by atoms with Crippen molar-refractivity contribution in [3.63, 3.8) is 0 Å². The number of aliphatic carboxylic acids is 1. The Balaban J connectivity index is 1.96. The van der Waals surface area contributed by atoms with Crippen molar-refractivity contribution in [1.29, 1.82) is 0 Å². The van der Waals surface area contributed by atoms with E-state index in [4.69, 9.17) is 16.7 Å². The molecule has 1 heterocycles. The van der Waals surface area contributed by atoms with Crippen LogP contribution in [0.4, 0.5) is 5.69 Å². The molecule has 18 heavy (non-hydrogen) atoms. The first-order valence-electron chi connectivity index (χ1n) is 5.55. The van der Waals surface area contributed by atoms with Crippen LogP contribution >= 0.6 is 23.3 Å². The Kier molecular flexibility index (Phi) is 4.33. The lowest BCUT2D eigenvalue weighted by Crippen LogP contribution is -2.04. The summed E-state index contributed by atoms with van der Waals surface area (Å²) in [6.07, 6.45) is 1.61. The zero-order valence-electron chi connectivity index (χ0n) is 9.52. The van der Waals surface area contributed by atoms with Crippen molar-refractivity contribution in [1.82, 2.24) is 8.75 Å². The fourth-order valence-corrected chi connectivity index (χ4v) is 2.37. The molecule has 1 aromatic carbocycles. The van der Waals surface area contributed by atoms with Gasteiger partial charge in [0.1, 0.15) is 11.0 Å². The van der Waals surface area contributed by atoms with E-state index in [9.17, 15) is 4.79 Å². The third kappa shape index (κ3) is 3.08. The van der Waals surface area contributed by atoms with Crippen LogP contribution in [0.3, 0.4) is 0 Å². The number of carboxylic acids is 1. The van der Waals surface area contributed by atoms with Crippen LogP contribution in [0.1, 0.15) is 19.3 Å². The minimum Gasteiger partial charge on any atom is -0.481 e. The Labute approximate surface area is 113 Å². The molecule has 0 radical (unpaired) electrons. The molecule has 1 aromatic heterocycles. The summed E-state index contributed by atoms with van der Waals surface area (Å²) >= 11 is 7.25.